The molecule has 0 radical (unpaired) electrons. The second-order valence-electron chi connectivity index (χ2n) is 5.55. The van der Waals surface area contributed by atoms with Crippen molar-refractivity contribution in [3.63, 3.8) is 0 Å². The van der Waals surface area contributed by atoms with Crippen LogP contribution in [-0.2, 0) is 19.2 Å². The van der Waals surface area contributed by atoms with E-state index < -0.39 is 5.60 Å². The minimum Gasteiger partial charge on any atom is -0.384 e. The molecule has 0 aliphatic heterocycles. The highest BCUT2D eigenvalue weighted by molar-refractivity contribution is 5.34. The van der Waals surface area contributed by atoms with Crippen molar-refractivity contribution >= 4 is 0 Å². The summed E-state index contributed by atoms with van der Waals surface area (Å²) in [5.74, 6) is 0. The second kappa shape index (κ2) is 6.13. The zero-order valence-electron chi connectivity index (χ0n) is 12.7. The molecule has 2 aromatic rings. The van der Waals surface area contributed by atoms with Gasteiger partial charge in [0.1, 0.15) is 11.8 Å². The summed E-state index contributed by atoms with van der Waals surface area (Å²) in [4.78, 5) is 0. The van der Waals surface area contributed by atoms with Crippen molar-refractivity contribution in [1.82, 2.24) is 9.88 Å². The third kappa shape index (κ3) is 3.33. The van der Waals surface area contributed by atoms with Crippen molar-refractivity contribution in [1.29, 1.82) is 5.26 Å². The third-order valence-electron chi connectivity index (χ3n) is 3.94. The summed E-state index contributed by atoms with van der Waals surface area (Å²) in [5, 5.41) is 22.8. The molecule has 1 unspecified atom stereocenters. The Morgan fingerprint density at radius 1 is 1.33 bits per heavy atom. The van der Waals surface area contributed by atoms with Crippen molar-refractivity contribution < 1.29 is 5.11 Å². The van der Waals surface area contributed by atoms with Gasteiger partial charge in [0.2, 0.25) is 0 Å². The van der Waals surface area contributed by atoms with Crippen molar-refractivity contribution in [2.45, 2.75) is 26.0 Å². The topological polar surface area (TPSA) is 61.0 Å². The van der Waals surface area contributed by atoms with Crippen LogP contribution in [0.15, 0.2) is 36.4 Å². The molecule has 1 atom stereocenters. The Bertz CT molecular complexity index is 651. The number of rotatable bonds is 5. The maximum atomic E-state index is 10.5. The highest BCUT2D eigenvalue weighted by Gasteiger charge is 2.22. The summed E-state index contributed by atoms with van der Waals surface area (Å²) >= 11 is 0. The molecule has 2 rings (SSSR count). The Kier molecular flexibility index (Phi) is 4.46. The van der Waals surface area contributed by atoms with Crippen molar-refractivity contribution in [3.05, 3.63) is 58.9 Å². The highest BCUT2D eigenvalue weighted by Crippen LogP contribution is 2.19. The first-order valence-electron chi connectivity index (χ1n) is 6.99. The minimum atomic E-state index is -0.915. The van der Waals surface area contributed by atoms with Gasteiger partial charge in [0.05, 0.1) is 5.60 Å². The van der Waals surface area contributed by atoms with Gasteiger partial charge in [-0.15, -0.1) is 0 Å². The van der Waals surface area contributed by atoms with E-state index in [1.54, 1.807) is 6.92 Å². The molecule has 0 saturated heterocycles. The number of hydrogen-bond donors (Lipinski definition) is 2. The Balaban J connectivity index is 2.00. The summed E-state index contributed by atoms with van der Waals surface area (Å²) in [6.07, 6.45) is 0. The van der Waals surface area contributed by atoms with Gasteiger partial charge >= 0.3 is 0 Å². The Labute approximate surface area is 125 Å². The molecule has 0 fully saturated rings. The standard InChI is InChI=1S/C17H21N3O/c1-13-14(9-16(10-18)20(13)3)11-19-12-17(2,21)15-7-5-4-6-8-15/h4-9,19,21H,11-12H2,1-3H3. The first kappa shape index (κ1) is 15.3. The fourth-order valence-electron chi connectivity index (χ4n) is 2.39. The van der Waals surface area contributed by atoms with E-state index in [-0.39, 0.29) is 0 Å². The molecule has 0 aliphatic carbocycles. The van der Waals surface area contributed by atoms with Crippen molar-refractivity contribution in [3.8, 4) is 6.07 Å². The lowest BCUT2D eigenvalue weighted by molar-refractivity contribution is 0.0566. The largest absolute Gasteiger partial charge is 0.384 e. The summed E-state index contributed by atoms with van der Waals surface area (Å²) in [5.41, 5.74) is 2.78. The van der Waals surface area contributed by atoms with Gasteiger partial charge in [0.15, 0.2) is 0 Å². The minimum absolute atomic E-state index is 0.452. The van der Waals surface area contributed by atoms with E-state index in [0.717, 1.165) is 16.8 Å². The molecule has 21 heavy (non-hydrogen) atoms. The van der Waals surface area contributed by atoms with Crippen molar-refractivity contribution in [2.24, 2.45) is 7.05 Å². The van der Waals surface area contributed by atoms with Gasteiger partial charge in [0.25, 0.3) is 0 Å². The first-order chi connectivity index (χ1) is 9.95. The first-order valence-corrected chi connectivity index (χ1v) is 6.99. The average molecular weight is 283 g/mol. The third-order valence-corrected chi connectivity index (χ3v) is 3.94. The quantitative estimate of drug-likeness (QED) is 0.884. The van der Waals surface area contributed by atoms with Crippen molar-refractivity contribution in [2.75, 3.05) is 6.54 Å². The Morgan fingerprint density at radius 3 is 2.57 bits per heavy atom. The fourth-order valence-corrected chi connectivity index (χ4v) is 2.39. The molecule has 0 saturated carbocycles. The number of nitrogens with one attached hydrogen (secondary N) is 1. The van der Waals surface area contributed by atoms with Crippen LogP contribution in [0, 0.1) is 18.3 Å². The van der Waals surface area contributed by atoms with Crippen LogP contribution in [0.1, 0.15) is 29.4 Å². The fraction of sp³-hybridized carbons (Fsp3) is 0.353. The number of benzene rings is 1. The predicted octanol–water partition coefficient (Wildman–Crippen LogP) is 2.20. The van der Waals surface area contributed by atoms with Gasteiger partial charge in [-0.2, -0.15) is 5.26 Å². The molecule has 1 aromatic heterocycles. The summed E-state index contributed by atoms with van der Waals surface area (Å²) in [6, 6.07) is 13.7. The Hall–Kier alpha value is -2.09. The summed E-state index contributed by atoms with van der Waals surface area (Å²) in [6.45, 7) is 4.87. The normalized spacial score (nSPS) is 13.7. The molecule has 1 aromatic carbocycles. The molecule has 0 bridgehead atoms. The van der Waals surface area contributed by atoms with Crippen LogP contribution in [0.5, 0.6) is 0 Å². The van der Waals surface area contributed by atoms with E-state index in [4.69, 9.17) is 5.26 Å². The lowest BCUT2D eigenvalue weighted by Crippen LogP contribution is -2.35. The van der Waals surface area contributed by atoms with Crippen LogP contribution in [0.25, 0.3) is 0 Å². The molecule has 4 nitrogen and oxygen atoms in total. The predicted molar refractivity (Wildman–Crippen MR) is 82.6 cm³/mol. The second-order valence-corrected chi connectivity index (χ2v) is 5.55. The van der Waals surface area contributed by atoms with Crippen LogP contribution in [0.2, 0.25) is 0 Å². The van der Waals surface area contributed by atoms with E-state index >= 15 is 0 Å². The van der Waals surface area contributed by atoms with Gasteiger partial charge in [-0.05, 0) is 31.0 Å². The average Bonchev–Trinajstić information content (AvgIpc) is 2.76. The number of nitriles is 1. The smallest absolute Gasteiger partial charge is 0.120 e. The molecule has 2 N–H and O–H groups in total. The zero-order chi connectivity index (χ0) is 15.5. The van der Waals surface area contributed by atoms with E-state index in [1.807, 2.05) is 54.9 Å². The van der Waals surface area contributed by atoms with E-state index in [9.17, 15) is 5.11 Å². The Morgan fingerprint density at radius 2 is 2.00 bits per heavy atom. The van der Waals surface area contributed by atoms with Crippen LogP contribution < -0.4 is 5.32 Å². The van der Waals surface area contributed by atoms with E-state index in [2.05, 4.69) is 11.4 Å². The van der Waals surface area contributed by atoms with Crippen LogP contribution in [-0.4, -0.2) is 16.2 Å². The molecule has 0 aliphatic rings. The number of aliphatic hydroxyl groups is 1. The number of hydrogen-bond acceptors (Lipinski definition) is 3. The molecular weight excluding hydrogens is 262 g/mol. The van der Waals surface area contributed by atoms with E-state index in [0.29, 0.717) is 18.8 Å². The summed E-state index contributed by atoms with van der Waals surface area (Å²) < 4.78 is 1.88. The van der Waals surface area contributed by atoms with Crippen LogP contribution >= 0.6 is 0 Å². The monoisotopic (exact) mass is 283 g/mol. The lowest BCUT2D eigenvalue weighted by Gasteiger charge is -2.24. The van der Waals surface area contributed by atoms with Gasteiger partial charge in [-0.3, -0.25) is 0 Å². The van der Waals surface area contributed by atoms with Gasteiger partial charge in [-0.1, -0.05) is 30.3 Å². The maximum Gasteiger partial charge on any atom is 0.120 e. The highest BCUT2D eigenvalue weighted by atomic mass is 16.3. The molecular formula is C17H21N3O. The zero-order valence-corrected chi connectivity index (χ0v) is 12.7. The molecule has 0 spiro atoms. The number of nitrogens with zero attached hydrogens (tertiary/aromatic N) is 2. The van der Waals surface area contributed by atoms with Gasteiger partial charge in [0, 0.05) is 25.8 Å². The molecule has 0 amide bonds. The van der Waals surface area contributed by atoms with Gasteiger partial charge in [-0.25, -0.2) is 0 Å². The maximum absolute atomic E-state index is 10.5. The molecule has 4 heteroatoms. The van der Waals surface area contributed by atoms with Crippen LogP contribution in [0.3, 0.4) is 0 Å². The lowest BCUT2D eigenvalue weighted by atomic mass is 9.96. The summed E-state index contributed by atoms with van der Waals surface area (Å²) in [7, 11) is 1.89. The molecule has 110 valence electrons. The van der Waals surface area contributed by atoms with E-state index in [1.165, 1.54) is 0 Å². The molecule has 1 heterocycles. The van der Waals surface area contributed by atoms with Gasteiger partial charge < -0.3 is 15.0 Å². The SMILES string of the molecule is Cc1c(CNCC(C)(O)c2ccccc2)cc(C#N)n1C. The van der Waals surface area contributed by atoms with Crippen LogP contribution in [0.4, 0.5) is 0 Å². The number of aromatic nitrogens is 1.